The molecule has 0 spiro atoms. The van der Waals surface area contributed by atoms with Gasteiger partial charge in [-0.3, -0.25) is 9.36 Å². The van der Waals surface area contributed by atoms with Crippen molar-refractivity contribution in [2.24, 2.45) is 0 Å². The lowest BCUT2D eigenvalue weighted by Gasteiger charge is -2.25. The van der Waals surface area contributed by atoms with Gasteiger partial charge in [-0.05, 0) is 49.1 Å². The van der Waals surface area contributed by atoms with Crippen LogP contribution in [0.3, 0.4) is 0 Å². The Morgan fingerprint density at radius 1 is 1.23 bits per heavy atom. The van der Waals surface area contributed by atoms with E-state index in [4.69, 9.17) is 0 Å². The molecule has 0 N–H and O–H groups in total. The Morgan fingerprint density at radius 2 is 2.15 bits per heavy atom. The van der Waals surface area contributed by atoms with Crippen LogP contribution < -0.4 is 0 Å². The molecule has 4 rings (SSSR count). The zero-order chi connectivity index (χ0) is 17.9. The number of likely N-dealkylation sites (tertiary alicyclic amines) is 1. The van der Waals surface area contributed by atoms with Gasteiger partial charge in [0.05, 0.1) is 0 Å². The van der Waals surface area contributed by atoms with Crippen molar-refractivity contribution in [3.05, 3.63) is 78.3 Å². The zero-order valence-electron chi connectivity index (χ0n) is 14.3. The number of aromatic nitrogens is 3. The van der Waals surface area contributed by atoms with Gasteiger partial charge in [-0.15, -0.1) is 0 Å². The molecule has 1 amide bonds. The molecule has 1 aliphatic heterocycles. The van der Waals surface area contributed by atoms with Gasteiger partial charge < -0.3 is 4.90 Å². The summed E-state index contributed by atoms with van der Waals surface area (Å²) in [6.45, 7) is 0.724. The largest absolute Gasteiger partial charge is 0.335 e. The quantitative estimate of drug-likeness (QED) is 0.726. The smallest absolute Gasteiger partial charge is 0.254 e. The number of carbonyl (C=O) groups is 1. The first-order valence-electron chi connectivity index (χ1n) is 8.70. The molecule has 1 fully saturated rings. The van der Waals surface area contributed by atoms with Crippen LogP contribution in [0.15, 0.2) is 61.3 Å². The van der Waals surface area contributed by atoms with Gasteiger partial charge in [-0.25, -0.2) is 14.4 Å². The fourth-order valence-electron chi connectivity index (χ4n) is 3.50. The molecule has 0 radical (unpaired) electrons. The van der Waals surface area contributed by atoms with Gasteiger partial charge in [-0.1, -0.05) is 12.1 Å². The van der Waals surface area contributed by atoms with E-state index >= 15 is 0 Å². The van der Waals surface area contributed by atoms with Crippen LogP contribution in [0, 0.1) is 5.82 Å². The fraction of sp³-hybridized carbons (Fsp3) is 0.250. The van der Waals surface area contributed by atoms with Gasteiger partial charge in [0, 0.05) is 36.7 Å². The van der Waals surface area contributed by atoms with Crippen LogP contribution in [0.2, 0.25) is 0 Å². The Balaban J connectivity index is 1.54. The monoisotopic (exact) mass is 350 g/mol. The van der Waals surface area contributed by atoms with Crippen LogP contribution in [-0.2, 0) is 6.42 Å². The van der Waals surface area contributed by atoms with Crippen molar-refractivity contribution in [2.75, 3.05) is 6.54 Å². The van der Waals surface area contributed by atoms with E-state index in [9.17, 15) is 9.18 Å². The minimum absolute atomic E-state index is 0.00679. The third-order valence-electron chi connectivity index (χ3n) is 4.76. The van der Waals surface area contributed by atoms with Gasteiger partial charge in [0.25, 0.3) is 5.91 Å². The molecule has 1 aliphatic rings. The average Bonchev–Trinajstić information content (AvgIpc) is 3.33. The fourth-order valence-corrected chi connectivity index (χ4v) is 3.50. The summed E-state index contributed by atoms with van der Waals surface area (Å²) in [5.74, 6) is 0.416. The van der Waals surface area contributed by atoms with Crippen LogP contribution in [0.25, 0.3) is 5.82 Å². The summed E-state index contributed by atoms with van der Waals surface area (Å²) in [4.78, 5) is 23.2. The highest BCUT2D eigenvalue weighted by Crippen LogP contribution is 2.24. The normalized spacial score (nSPS) is 16.8. The summed E-state index contributed by atoms with van der Waals surface area (Å²) in [7, 11) is 0. The van der Waals surface area contributed by atoms with Gasteiger partial charge >= 0.3 is 0 Å². The second-order valence-corrected chi connectivity index (χ2v) is 6.50. The number of amides is 1. The minimum Gasteiger partial charge on any atom is -0.335 e. The first-order valence-corrected chi connectivity index (χ1v) is 8.70. The second-order valence-electron chi connectivity index (χ2n) is 6.50. The number of halogens is 1. The minimum atomic E-state index is -0.238. The van der Waals surface area contributed by atoms with Crippen LogP contribution in [0.1, 0.15) is 28.8 Å². The Labute approximate surface area is 151 Å². The van der Waals surface area contributed by atoms with E-state index in [1.165, 1.54) is 6.07 Å². The number of pyridine rings is 1. The molecule has 2 aromatic heterocycles. The summed E-state index contributed by atoms with van der Waals surface area (Å²) >= 11 is 0. The lowest BCUT2D eigenvalue weighted by atomic mass is 10.0. The molecule has 3 heterocycles. The third-order valence-corrected chi connectivity index (χ3v) is 4.76. The molecule has 3 aromatic rings. The van der Waals surface area contributed by atoms with Gasteiger partial charge in [0.1, 0.15) is 18.0 Å². The molecule has 0 unspecified atom stereocenters. The highest BCUT2D eigenvalue weighted by Gasteiger charge is 2.29. The Hall–Kier alpha value is -3.02. The van der Waals surface area contributed by atoms with Crippen molar-refractivity contribution in [1.29, 1.82) is 0 Å². The van der Waals surface area contributed by atoms with Crippen molar-refractivity contribution >= 4 is 5.91 Å². The highest BCUT2D eigenvalue weighted by molar-refractivity contribution is 5.95. The first kappa shape index (κ1) is 16.4. The molecular formula is C20H19FN4O. The van der Waals surface area contributed by atoms with E-state index < -0.39 is 0 Å². The zero-order valence-corrected chi connectivity index (χ0v) is 14.3. The number of carbonyl (C=O) groups excluding carboxylic acids is 1. The van der Waals surface area contributed by atoms with E-state index in [0.29, 0.717) is 17.8 Å². The van der Waals surface area contributed by atoms with Crippen LogP contribution in [0.5, 0.6) is 0 Å². The molecule has 0 bridgehead atoms. The molecule has 132 valence electrons. The maximum atomic E-state index is 13.4. The topological polar surface area (TPSA) is 51.0 Å². The van der Waals surface area contributed by atoms with Crippen molar-refractivity contribution in [2.45, 2.75) is 25.3 Å². The van der Waals surface area contributed by atoms with E-state index in [1.807, 2.05) is 11.0 Å². The number of nitrogens with zero attached hydrogens (tertiary/aromatic N) is 4. The number of imidazole rings is 1. The molecule has 0 saturated carbocycles. The van der Waals surface area contributed by atoms with E-state index in [-0.39, 0.29) is 17.8 Å². The third kappa shape index (κ3) is 3.35. The molecule has 0 aliphatic carbocycles. The molecule has 1 saturated heterocycles. The summed E-state index contributed by atoms with van der Waals surface area (Å²) in [5.41, 5.74) is 1.53. The Bertz CT molecular complexity index is 910. The van der Waals surface area contributed by atoms with Crippen molar-refractivity contribution in [3.63, 3.8) is 0 Å². The standard InChI is InChI=1S/C20H19FN4O/c21-17-4-1-3-15(11-17)12-18-5-2-9-25(18)20(26)16-6-7-23-19(13-16)24-10-8-22-14-24/h1,3-4,6-8,10-11,13-14,18H,2,5,9,12H2/t18-/m0/s1. The van der Waals surface area contributed by atoms with Crippen LogP contribution in [-0.4, -0.2) is 37.9 Å². The SMILES string of the molecule is O=C(c1ccnc(-n2ccnc2)c1)N1CCC[C@H]1Cc1cccc(F)c1. The summed E-state index contributed by atoms with van der Waals surface area (Å²) in [5, 5.41) is 0. The Morgan fingerprint density at radius 3 is 2.96 bits per heavy atom. The molecule has 26 heavy (non-hydrogen) atoms. The van der Waals surface area contributed by atoms with E-state index in [0.717, 1.165) is 24.9 Å². The molecule has 6 heteroatoms. The van der Waals surface area contributed by atoms with Crippen molar-refractivity contribution < 1.29 is 9.18 Å². The summed E-state index contributed by atoms with van der Waals surface area (Å²) in [6.07, 6.45) is 9.32. The molecule has 1 aromatic carbocycles. The summed E-state index contributed by atoms with van der Waals surface area (Å²) in [6, 6.07) is 10.2. The number of hydrogen-bond acceptors (Lipinski definition) is 3. The van der Waals surface area contributed by atoms with Gasteiger partial charge in [0.2, 0.25) is 0 Å². The molecular weight excluding hydrogens is 331 g/mol. The maximum absolute atomic E-state index is 13.4. The van der Waals surface area contributed by atoms with Crippen molar-refractivity contribution in [1.82, 2.24) is 19.4 Å². The van der Waals surface area contributed by atoms with Crippen molar-refractivity contribution in [3.8, 4) is 5.82 Å². The molecule has 1 atom stereocenters. The van der Waals surface area contributed by atoms with E-state index in [2.05, 4.69) is 9.97 Å². The first-order chi connectivity index (χ1) is 12.7. The predicted octanol–water partition coefficient (Wildman–Crippen LogP) is 3.25. The maximum Gasteiger partial charge on any atom is 0.254 e. The lowest BCUT2D eigenvalue weighted by molar-refractivity contribution is 0.0736. The number of rotatable bonds is 4. The number of benzene rings is 1. The average molecular weight is 350 g/mol. The lowest BCUT2D eigenvalue weighted by Crippen LogP contribution is -2.36. The predicted molar refractivity (Wildman–Crippen MR) is 95.5 cm³/mol. The summed E-state index contributed by atoms with van der Waals surface area (Å²) < 4.78 is 15.2. The van der Waals surface area contributed by atoms with Crippen LogP contribution >= 0.6 is 0 Å². The molecule has 5 nitrogen and oxygen atoms in total. The van der Waals surface area contributed by atoms with Gasteiger partial charge in [-0.2, -0.15) is 0 Å². The second kappa shape index (κ2) is 7.07. The van der Waals surface area contributed by atoms with Crippen LogP contribution in [0.4, 0.5) is 4.39 Å². The highest BCUT2D eigenvalue weighted by atomic mass is 19.1. The Kier molecular flexibility index (Phi) is 4.48. The van der Waals surface area contributed by atoms with Gasteiger partial charge in [0.15, 0.2) is 0 Å². The van der Waals surface area contributed by atoms with E-state index in [1.54, 1.807) is 53.8 Å². The number of hydrogen-bond donors (Lipinski definition) is 0.